The number of aromatic nitrogens is 3. The standard InChI is InChI=1S/C25H27N5O4/c1-5-34-24(32)22-17(3)29(14-21(31)28-19-10-12-20(33-4)13-11-19)25-26-15-27-30(25)23(22)18-8-6-16(2)7-9-18/h6-13,15,23H,5,14H2,1-4H3,(H,28,31)/t23-/m1/s1. The Bertz CT molecular complexity index is 1210. The second-order valence-corrected chi connectivity index (χ2v) is 7.90. The molecule has 4 rings (SSSR count). The zero-order valence-corrected chi connectivity index (χ0v) is 19.6. The van der Waals surface area contributed by atoms with Crippen LogP contribution in [0.3, 0.4) is 0 Å². The summed E-state index contributed by atoms with van der Waals surface area (Å²) in [7, 11) is 1.58. The van der Waals surface area contributed by atoms with Crippen LogP contribution in [0.5, 0.6) is 5.75 Å². The van der Waals surface area contributed by atoms with Crippen LogP contribution in [0.2, 0.25) is 0 Å². The van der Waals surface area contributed by atoms with E-state index in [0.717, 1.165) is 11.1 Å². The molecule has 0 radical (unpaired) electrons. The first-order valence-electron chi connectivity index (χ1n) is 11.0. The number of esters is 1. The second-order valence-electron chi connectivity index (χ2n) is 7.90. The van der Waals surface area contributed by atoms with Gasteiger partial charge < -0.3 is 19.7 Å². The molecule has 1 amide bonds. The predicted octanol–water partition coefficient (Wildman–Crippen LogP) is 3.48. The van der Waals surface area contributed by atoms with Crippen molar-refractivity contribution in [2.24, 2.45) is 0 Å². The van der Waals surface area contributed by atoms with Crippen LogP contribution in [-0.4, -0.2) is 46.9 Å². The van der Waals surface area contributed by atoms with E-state index < -0.39 is 12.0 Å². The van der Waals surface area contributed by atoms with E-state index in [0.29, 0.717) is 28.7 Å². The average Bonchev–Trinajstić information content (AvgIpc) is 3.31. The fourth-order valence-corrected chi connectivity index (χ4v) is 3.97. The van der Waals surface area contributed by atoms with Crippen molar-refractivity contribution in [3.05, 3.63) is 77.3 Å². The third-order valence-corrected chi connectivity index (χ3v) is 5.67. The molecule has 0 spiro atoms. The molecule has 2 aromatic carbocycles. The Balaban J connectivity index is 1.69. The van der Waals surface area contributed by atoms with Gasteiger partial charge in [-0.05, 0) is 50.6 Å². The van der Waals surface area contributed by atoms with E-state index in [2.05, 4.69) is 15.4 Å². The normalized spacial score (nSPS) is 15.1. The average molecular weight is 462 g/mol. The largest absolute Gasteiger partial charge is 0.497 e. The van der Waals surface area contributed by atoms with Crippen LogP contribution < -0.4 is 15.0 Å². The van der Waals surface area contributed by atoms with E-state index in [1.165, 1.54) is 6.33 Å². The van der Waals surface area contributed by atoms with Gasteiger partial charge in [0.2, 0.25) is 11.9 Å². The van der Waals surface area contributed by atoms with Gasteiger partial charge in [-0.1, -0.05) is 29.8 Å². The van der Waals surface area contributed by atoms with E-state index in [4.69, 9.17) is 9.47 Å². The quantitative estimate of drug-likeness (QED) is 0.538. The number of hydrogen-bond acceptors (Lipinski definition) is 7. The number of anilines is 2. The predicted molar refractivity (Wildman–Crippen MR) is 128 cm³/mol. The zero-order valence-electron chi connectivity index (χ0n) is 19.6. The number of ether oxygens (including phenoxy) is 2. The van der Waals surface area contributed by atoms with Crippen LogP contribution in [0.4, 0.5) is 11.6 Å². The van der Waals surface area contributed by atoms with Gasteiger partial charge in [-0.2, -0.15) is 10.1 Å². The summed E-state index contributed by atoms with van der Waals surface area (Å²) in [6.45, 7) is 5.74. The minimum absolute atomic E-state index is 0.0555. The zero-order chi connectivity index (χ0) is 24.2. The SMILES string of the molecule is CCOC(=O)C1=C(C)N(CC(=O)Nc2ccc(OC)cc2)c2ncnn2[C@@H]1c1ccc(C)cc1. The van der Waals surface area contributed by atoms with Gasteiger partial charge in [0.25, 0.3) is 0 Å². The summed E-state index contributed by atoms with van der Waals surface area (Å²) in [5, 5.41) is 7.27. The Hall–Kier alpha value is -4.14. The van der Waals surface area contributed by atoms with Gasteiger partial charge in [-0.15, -0.1) is 0 Å². The Morgan fingerprint density at radius 2 is 1.76 bits per heavy atom. The Morgan fingerprint density at radius 3 is 2.41 bits per heavy atom. The number of nitrogens with zero attached hydrogens (tertiary/aromatic N) is 4. The summed E-state index contributed by atoms with van der Waals surface area (Å²) >= 11 is 0. The molecule has 9 heteroatoms. The maximum atomic E-state index is 13.1. The number of carbonyl (C=O) groups excluding carboxylic acids is 2. The molecule has 0 aliphatic carbocycles. The molecule has 1 aliphatic heterocycles. The fourth-order valence-electron chi connectivity index (χ4n) is 3.97. The molecular weight excluding hydrogens is 434 g/mol. The molecule has 0 bridgehead atoms. The first-order valence-corrected chi connectivity index (χ1v) is 11.0. The Labute approximate surface area is 198 Å². The highest BCUT2D eigenvalue weighted by atomic mass is 16.5. The summed E-state index contributed by atoms with van der Waals surface area (Å²) in [6.07, 6.45) is 1.42. The molecule has 0 saturated carbocycles. The van der Waals surface area contributed by atoms with E-state index in [1.807, 2.05) is 31.2 Å². The van der Waals surface area contributed by atoms with Crippen molar-refractivity contribution in [1.82, 2.24) is 14.8 Å². The van der Waals surface area contributed by atoms with Crippen LogP contribution in [0, 0.1) is 6.92 Å². The van der Waals surface area contributed by atoms with Crippen LogP contribution in [0.25, 0.3) is 0 Å². The van der Waals surface area contributed by atoms with Crippen molar-refractivity contribution in [3.63, 3.8) is 0 Å². The van der Waals surface area contributed by atoms with Gasteiger partial charge >= 0.3 is 5.97 Å². The number of aryl methyl sites for hydroxylation is 1. The van der Waals surface area contributed by atoms with Crippen LogP contribution in [0.1, 0.15) is 31.0 Å². The topological polar surface area (TPSA) is 98.6 Å². The van der Waals surface area contributed by atoms with Crippen LogP contribution in [0.15, 0.2) is 66.1 Å². The molecule has 9 nitrogen and oxygen atoms in total. The van der Waals surface area contributed by atoms with Crippen LogP contribution in [-0.2, 0) is 14.3 Å². The van der Waals surface area contributed by atoms with E-state index in [-0.39, 0.29) is 19.1 Å². The lowest BCUT2D eigenvalue weighted by Crippen LogP contribution is -2.40. The van der Waals surface area contributed by atoms with Gasteiger partial charge in [0.05, 0.1) is 19.3 Å². The molecule has 1 N–H and O–H groups in total. The molecule has 3 aromatic rings. The molecule has 0 fully saturated rings. The molecular formula is C25H27N5O4. The summed E-state index contributed by atoms with van der Waals surface area (Å²) in [5.74, 6) is 0.450. The van der Waals surface area contributed by atoms with Crippen molar-refractivity contribution in [2.75, 3.05) is 30.5 Å². The third-order valence-electron chi connectivity index (χ3n) is 5.67. The summed E-state index contributed by atoms with van der Waals surface area (Å²) in [5.41, 5.74) is 3.63. The van der Waals surface area contributed by atoms with Crippen molar-refractivity contribution in [1.29, 1.82) is 0 Å². The van der Waals surface area contributed by atoms with E-state index >= 15 is 0 Å². The molecule has 176 valence electrons. The summed E-state index contributed by atoms with van der Waals surface area (Å²) in [6, 6.07) is 14.4. The van der Waals surface area contributed by atoms with E-state index in [9.17, 15) is 9.59 Å². The molecule has 34 heavy (non-hydrogen) atoms. The highest BCUT2D eigenvalue weighted by molar-refractivity contribution is 5.96. The van der Waals surface area contributed by atoms with Crippen molar-refractivity contribution < 1.29 is 19.1 Å². The van der Waals surface area contributed by atoms with Crippen molar-refractivity contribution in [2.45, 2.75) is 26.8 Å². The smallest absolute Gasteiger partial charge is 0.338 e. The summed E-state index contributed by atoms with van der Waals surface area (Å²) < 4.78 is 12.2. The number of methoxy groups -OCH3 is 1. The first-order chi connectivity index (χ1) is 16.4. The number of rotatable bonds is 7. The number of carbonyl (C=O) groups is 2. The Morgan fingerprint density at radius 1 is 1.06 bits per heavy atom. The minimum atomic E-state index is -0.516. The molecule has 1 aromatic heterocycles. The summed E-state index contributed by atoms with van der Waals surface area (Å²) in [4.78, 5) is 32.1. The molecule has 1 aliphatic rings. The number of allylic oxidation sites excluding steroid dienone is 1. The fraction of sp³-hybridized carbons (Fsp3) is 0.280. The number of fused-ring (bicyclic) bond motifs is 1. The van der Waals surface area contributed by atoms with Crippen LogP contribution >= 0.6 is 0 Å². The van der Waals surface area contributed by atoms with Gasteiger partial charge in [-0.3, -0.25) is 4.79 Å². The second kappa shape index (κ2) is 9.78. The Kier molecular flexibility index (Phi) is 6.62. The van der Waals surface area contributed by atoms with Crippen molar-refractivity contribution >= 4 is 23.5 Å². The molecule has 2 heterocycles. The lowest BCUT2D eigenvalue weighted by Gasteiger charge is -2.35. The van der Waals surface area contributed by atoms with Crippen molar-refractivity contribution in [3.8, 4) is 5.75 Å². The van der Waals surface area contributed by atoms with Gasteiger partial charge in [0.1, 0.15) is 24.7 Å². The first kappa shape index (κ1) is 23.0. The van der Waals surface area contributed by atoms with E-state index in [1.54, 1.807) is 54.8 Å². The third kappa shape index (κ3) is 4.50. The number of hydrogen-bond donors (Lipinski definition) is 1. The monoisotopic (exact) mass is 461 g/mol. The van der Waals surface area contributed by atoms with Gasteiger partial charge in [0.15, 0.2) is 0 Å². The lowest BCUT2D eigenvalue weighted by atomic mass is 9.94. The molecule has 0 saturated heterocycles. The minimum Gasteiger partial charge on any atom is -0.497 e. The maximum absolute atomic E-state index is 13.1. The maximum Gasteiger partial charge on any atom is 0.338 e. The van der Waals surface area contributed by atoms with Gasteiger partial charge in [0, 0.05) is 11.4 Å². The molecule has 1 atom stereocenters. The van der Waals surface area contributed by atoms with Gasteiger partial charge in [-0.25, -0.2) is 9.48 Å². The number of amides is 1. The highest BCUT2D eigenvalue weighted by Gasteiger charge is 2.38. The highest BCUT2D eigenvalue weighted by Crippen LogP contribution is 2.38. The number of nitrogens with one attached hydrogen (secondary N) is 1. The lowest BCUT2D eigenvalue weighted by molar-refractivity contribution is -0.139. The number of benzene rings is 2. The molecule has 0 unspecified atom stereocenters.